The molecule has 1 saturated heterocycles. The Hall–Kier alpha value is -3.14. The predicted molar refractivity (Wildman–Crippen MR) is 168 cm³/mol. The van der Waals surface area contributed by atoms with Gasteiger partial charge in [-0.3, -0.25) is 4.79 Å². The Kier molecular flexibility index (Phi) is 19.0. The molecule has 1 aliphatic heterocycles. The van der Waals surface area contributed by atoms with Gasteiger partial charge in [-0.15, -0.1) is 0 Å². The van der Waals surface area contributed by atoms with Gasteiger partial charge in [0.2, 0.25) is 6.29 Å². The normalized spacial score (nSPS) is 21.0. The first-order chi connectivity index (χ1) is 22.1. The summed E-state index contributed by atoms with van der Waals surface area (Å²) in [7, 11) is -3.43. The minimum Gasteiger partial charge on any atom is -0.479 e. The van der Waals surface area contributed by atoms with Gasteiger partial charge in [-0.1, -0.05) is 88.6 Å². The molecule has 260 valence electrons. The standard InChI is InChI=1S/C30H48N4O11S/c31-34-33-19-15-13-11-9-7-5-3-1-2-4-6-8-10-12-14-18-32-28(38)21-16-17-22(23(20-21)45-46(41)42)43-30-26(37)24(35)25(36)27(44-30)29(39)40/h16-17,20,24-27,30,35-37,46H,1-15,18-19H2,(H,32,38)(H,39,40)/t24-,25+,26-,27-,30+/m0/s1. The monoisotopic (exact) mass is 672 g/mol. The van der Waals surface area contributed by atoms with E-state index in [1.54, 1.807) is 0 Å². The van der Waals surface area contributed by atoms with Crippen LogP contribution >= 0.6 is 0 Å². The van der Waals surface area contributed by atoms with E-state index in [1.165, 1.54) is 69.9 Å². The molecule has 0 saturated carbocycles. The van der Waals surface area contributed by atoms with E-state index >= 15 is 0 Å². The molecule has 16 heteroatoms. The molecule has 1 fully saturated rings. The molecule has 0 bridgehead atoms. The van der Waals surface area contributed by atoms with Crippen LogP contribution in [0.5, 0.6) is 11.5 Å². The van der Waals surface area contributed by atoms with Crippen molar-refractivity contribution in [3.8, 4) is 11.5 Å². The smallest absolute Gasteiger partial charge is 0.335 e. The summed E-state index contributed by atoms with van der Waals surface area (Å²) in [6.07, 6.45) is 7.83. The maximum absolute atomic E-state index is 12.7. The molecular formula is C30H48N4O11S. The summed E-state index contributed by atoms with van der Waals surface area (Å²) in [4.78, 5) is 26.7. The summed E-state index contributed by atoms with van der Waals surface area (Å²) in [6.45, 7) is 1.03. The number of nitrogens with zero attached hydrogens (tertiary/aromatic N) is 3. The minimum absolute atomic E-state index is 0.0744. The van der Waals surface area contributed by atoms with Crippen LogP contribution in [-0.2, 0) is 20.5 Å². The van der Waals surface area contributed by atoms with E-state index in [0.717, 1.165) is 44.6 Å². The number of thiol groups is 1. The largest absolute Gasteiger partial charge is 0.479 e. The maximum atomic E-state index is 12.7. The van der Waals surface area contributed by atoms with Gasteiger partial charge in [0.1, 0.15) is 18.3 Å². The van der Waals surface area contributed by atoms with Gasteiger partial charge < -0.3 is 39.4 Å². The molecule has 1 amide bonds. The minimum atomic E-state index is -3.43. The number of ether oxygens (including phenoxy) is 2. The molecule has 0 radical (unpaired) electrons. The van der Waals surface area contributed by atoms with Gasteiger partial charge >= 0.3 is 5.97 Å². The lowest BCUT2D eigenvalue weighted by Gasteiger charge is -2.38. The van der Waals surface area contributed by atoms with Crippen LogP contribution in [0.3, 0.4) is 0 Å². The summed E-state index contributed by atoms with van der Waals surface area (Å²) < 4.78 is 37.8. The number of azide groups is 1. The Morgan fingerprint density at radius 3 is 1.89 bits per heavy atom. The van der Waals surface area contributed by atoms with E-state index in [-0.39, 0.29) is 11.3 Å². The van der Waals surface area contributed by atoms with Crippen molar-refractivity contribution < 1.29 is 52.1 Å². The summed E-state index contributed by atoms with van der Waals surface area (Å²) in [5.74, 6) is -2.80. The van der Waals surface area contributed by atoms with Crippen molar-refractivity contribution in [2.45, 2.75) is 127 Å². The Morgan fingerprint density at radius 2 is 1.37 bits per heavy atom. The summed E-state index contributed by atoms with van der Waals surface area (Å²) in [5, 5.41) is 45.5. The number of benzene rings is 1. The number of nitrogens with one attached hydrogen (secondary N) is 1. The second kappa shape index (κ2) is 22.4. The summed E-state index contributed by atoms with van der Waals surface area (Å²) in [5.41, 5.74) is 8.32. The second-order valence-electron chi connectivity index (χ2n) is 11.3. The number of carboxylic acid groups (broad SMARTS) is 1. The highest BCUT2D eigenvalue weighted by Crippen LogP contribution is 2.32. The van der Waals surface area contributed by atoms with Gasteiger partial charge in [-0.05, 0) is 36.6 Å². The lowest BCUT2D eigenvalue weighted by atomic mass is 9.99. The maximum Gasteiger partial charge on any atom is 0.335 e. The molecule has 1 aromatic rings. The molecule has 1 aromatic carbocycles. The highest BCUT2D eigenvalue weighted by molar-refractivity contribution is 7.67. The fraction of sp³-hybridized carbons (Fsp3) is 0.733. The molecule has 5 atom stereocenters. The van der Waals surface area contributed by atoms with Crippen LogP contribution in [-0.4, -0.2) is 84.5 Å². The number of amides is 1. The van der Waals surface area contributed by atoms with Crippen molar-refractivity contribution in [2.75, 3.05) is 13.1 Å². The van der Waals surface area contributed by atoms with Gasteiger partial charge in [0.25, 0.3) is 16.9 Å². The first-order valence-corrected chi connectivity index (χ1v) is 17.1. The molecule has 0 aliphatic carbocycles. The van der Waals surface area contributed by atoms with Crippen LogP contribution in [0.2, 0.25) is 0 Å². The van der Waals surface area contributed by atoms with Gasteiger partial charge in [-0.25, -0.2) is 4.79 Å². The van der Waals surface area contributed by atoms with Crippen LogP contribution in [0, 0.1) is 0 Å². The lowest BCUT2D eigenvalue weighted by molar-refractivity contribution is -0.271. The third-order valence-electron chi connectivity index (χ3n) is 7.72. The van der Waals surface area contributed by atoms with E-state index in [2.05, 4.69) is 15.3 Å². The highest BCUT2D eigenvalue weighted by atomic mass is 32.2. The number of aliphatic hydroxyl groups excluding tert-OH is 3. The number of aliphatic hydroxyl groups is 3. The Labute approximate surface area is 271 Å². The fourth-order valence-electron chi connectivity index (χ4n) is 5.13. The lowest BCUT2D eigenvalue weighted by Crippen LogP contribution is -2.61. The van der Waals surface area contributed by atoms with E-state index in [4.69, 9.17) is 19.2 Å². The van der Waals surface area contributed by atoms with Gasteiger partial charge in [0, 0.05) is 23.6 Å². The molecule has 0 spiro atoms. The molecule has 15 nitrogen and oxygen atoms in total. The molecule has 0 aromatic heterocycles. The number of aliphatic carboxylic acids is 1. The van der Waals surface area contributed by atoms with E-state index < -0.39 is 59.3 Å². The van der Waals surface area contributed by atoms with Crippen molar-refractivity contribution >= 4 is 22.9 Å². The Balaban J connectivity index is 1.64. The number of carboxylic acids is 1. The number of hydrogen-bond donors (Lipinski definition) is 6. The van der Waals surface area contributed by atoms with E-state index in [0.29, 0.717) is 13.1 Å². The number of carbonyl (C=O) groups excluding carboxylic acids is 1. The Bertz CT molecular complexity index is 1190. The van der Waals surface area contributed by atoms with Crippen LogP contribution < -0.4 is 14.2 Å². The van der Waals surface area contributed by atoms with Crippen molar-refractivity contribution in [1.29, 1.82) is 0 Å². The number of hydrogen-bond acceptors (Lipinski definition) is 11. The number of unbranched alkanes of at least 4 members (excludes halogenated alkanes) is 14. The molecule has 1 heterocycles. The second-order valence-corrected chi connectivity index (χ2v) is 12.0. The average Bonchev–Trinajstić information content (AvgIpc) is 3.02. The molecule has 0 unspecified atom stereocenters. The molecule has 2 rings (SSSR count). The van der Waals surface area contributed by atoms with Gasteiger partial charge in [-0.2, -0.15) is 8.42 Å². The molecule has 5 N–H and O–H groups in total. The zero-order valence-electron chi connectivity index (χ0n) is 26.1. The zero-order valence-corrected chi connectivity index (χ0v) is 27.0. The van der Waals surface area contributed by atoms with E-state index in [1.807, 2.05) is 0 Å². The first kappa shape index (κ1) is 39.0. The Morgan fingerprint density at radius 1 is 0.826 bits per heavy atom. The third-order valence-corrected chi connectivity index (χ3v) is 8.06. The number of carbonyl (C=O) groups is 2. The zero-order chi connectivity index (χ0) is 33.7. The highest BCUT2D eigenvalue weighted by Gasteiger charge is 2.48. The van der Waals surface area contributed by atoms with Crippen molar-refractivity contribution in [2.24, 2.45) is 5.11 Å². The van der Waals surface area contributed by atoms with Crippen LogP contribution in [0.15, 0.2) is 23.3 Å². The fourth-order valence-corrected chi connectivity index (χ4v) is 5.43. The predicted octanol–water partition coefficient (Wildman–Crippen LogP) is 3.75. The SMILES string of the molecule is [N-]=[N+]=NCCCCCCCCCCCCCCCCCNC(=O)c1ccc(O[C@@H]2O[C@H](C(=O)O)[C@H](O)[C@H](O)[C@@H]2O)c(O[SH](=O)=O)c1. The van der Waals surface area contributed by atoms with Crippen LogP contribution in [0.4, 0.5) is 0 Å². The van der Waals surface area contributed by atoms with Gasteiger partial charge in [0.05, 0.1) is 0 Å². The molecular weight excluding hydrogens is 624 g/mol. The molecule has 46 heavy (non-hydrogen) atoms. The van der Waals surface area contributed by atoms with Crippen molar-refractivity contribution in [3.63, 3.8) is 0 Å². The first-order valence-electron chi connectivity index (χ1n) is 16.0. The quantitative estimate of drug-likeness (QED) is 0.0304. The van der Waals surface area contributed by atoms with Crippen LogP contribution in [0.25, 0.3) is 10.4 Å². The average molecular weight is 673 g/mol. The van der Waals surface area contributed by atoms with Crippen LogP contribution in [0.1, 0.15) is 107 Å². The third kappa shape index (κ3) is 14.5. The van der Waals surface area contributed by atoms with Crippen molar-refractivity contribution in [3.05, 3.63) is 34.2 Å². The number of rotatable bonds is 24. The topological polar surface area (TPSA) is 238 Å². The van der Waals surface area contributed by atoms with E-state index in [9.17, 15) is 38.4 Å². The van der Waals surface area contributed by atoms with Crippen molar-refractivity contribution in [1.82, 2.24) is 5.32 Å². The summed E-state index contributed by atoms with van der Waals surface area (Å²) >= 11 is 0. The molecule has 1 aliphatic rings. The van der Waals surface area contributed by atoms with Gasteiger partial charge in [0.15, 0.2) is 17.6 Å². The summed E-state index contributed by atoms with van der Waals surface area (Å²) in [6, 6.07) is 3.62.